The lowest BCUT2D eigenvalue weighted by Gasteiger charge is -2.29. The third-order valence-electron chi connectivity index (χ3n) is 12.3. The number of aliphatic hydroxyl groups is 1. The third-order valence-corrected chi connectivity index (χ3v) is 13.3. The van der Waals surface area contributed by atoms with Gasteiger partial charge in [0.15, 0.2) is 0 Å². The van der Waals surface area contributed by atoms with E-state index in [0.29, 0.717) is 17.4 Å². The van der Waals surface area contributed by atoms with Crippen molar-refractivity contribution in [3.05, 3.63) is 36.5 Å². The molecule has 0 aliphatic rings. The van der Waals surface area contributed by atoms with E-state index in [1.807, 2.05) is 27.2 Å². The number of nitrogens with one attached hydrogen (secondary N) is 1. The molecule has 9 heteroatoms. The molecule has 8 nitrogen and oxygen atoms in total. The second kappa shape index (κ2) is 46.8. The monoisotopic (exact) mass is 923 g/mol. The minimum absolute atomic E-state index is 0.00748. The zero-order chi connectivity index (χ0) is 47.1. The minimum atomic E-state index is -4.60. The second-order valence-electron chi connectivity index (χ2n) is 19.9. The number of carbonyl (C=O) groups is 1. The maximum atomic E-state index is 12.9. The summed E-state index contributed by atoms with van der Waals surface area (Å²) in [6.07, 6.45) is 59.3. The number of hydrogen-bond acceptors (Lipinski definition) is 6. The number of rotatable bonds is 50. The molecule has 0 aliphatic heterocycles. The number of hydrogen-bond donors (Lipinski definition) is 2. The summed E-state index contributed by atoms with van der Waals surface area (Å²) in [6, 6.07) is -0.907. The Morgan fingerprint density at radius 2 is 0.875 bits per heavy atom. The van der Waals surface area contributed by atoms with Crippen molar-refractivity contribution in [1.82, 2.24) is 5.32 Å². The van der Waals surface area contributed by atoms with E-state index in [2.05, 4.69) is 43.5 Å². The van der Waals surface area contributed by atoms with Crippen LogP contribution in [0, 0.1) is 0 Å². The van der Waals surface area contributed by atoms with Gasteiger partial charge in [0.1, 0.15) is 13.2 Å². The Morgan fingerprint density at radius 3 is 1.27 bits per heavy atom. The van der Waals surface area contributed by atoms with Crippen LogP contribution in [0.1, 0.15) is 258 Å². The first-order valence-electron chi connectivity index (χ1n) is 27.4. The lowest BCUT2D eigenvalue weighted by atomic mass is 10.0. The number of phosphoric acid groups is 1. The van der Waals surface area contributed by atoms with E-state index >= 15 is 0 Å². The number of allylic oxidation sites excluding steroid dienone is 5. The van der Waals surface area contributed by atoms with E-state index in [1.54, 1.807) is 6.08 Å². The zero-order valence-electron chi connectivity index (χ0n) is 43.0. The fourth-order valence-electron chi connectivity index (χ4n) is 7.99. The topological polar surface area (TPSA) is 108 Å². The number of phosphoric ester groups is 1. The fraction of sp³-hybridized carbons (Fsp3) is 0.873. The highest BCUT2D eigenvalue weighted by Gasteiger charge is 2.23. The van der Waals surface area contributed by atoms with Crippen molar-refractivity contribution in [2.75, 3.05) is 40.9 Å². The molecule has 3 unspecified atom stereocenters. The van der Waals surface area contributed by atoms with Crippen LogP contribution in [0.5, 0.6) is 0 Å². The van der Waals surface area contributed by atoms with E-state index in [9.17, 15) is 19.4 Å². The average Bonchev–Trinajstić information content (AvgIpc) is 3.25. The first-order chi connectivity index (χ1) is 31.0. The number of nitrogens with zero attached hydrogens (tertiary/aromatic N) is 1. The van der Waals surface area contributed by atoms with Crippen LogP contribution in [-0.2, 0) is 18.4 Å². The number of amides is 1. The molecular weight excluding hydrogens is 816 g/mol. The molecule has 0 aliphatic carbocycles. The fourth-order valence-corrected chi connectivity index (χ4v) is 8.71. The van der Waals surface area contributed by atoms with Crippen LogP contribution in [0.4, 0.5) is 0 Å². The van der Waals surface area contributed by atoms with Gasteiger partial charge in [0.25, 0.3) is 7.82 Å². The van der Waals surface area contributed by atoms with Crippen molar-refractivity contribution in [2.45, 2.75) is 270 Å². The first-order valence-corrected chi connectivity index (χ1v) is 28.8. The van der Waals surface area contributed by atoms with Crippen LogP contribution >= 0.6 is 7.82 Å². The summed E-state index contributed by atoms with van der Waals surface area (Å²) in [5, 5.41) is 13.8. The molecule has 0 saturated carbocycles. The van der Waals surface area contributed by atoms with Crippen LogP contribution in [0.2, 0.25) is 0 Å². The predicted octanol–water partition coefficient (Wildman–Crippen LogP) is 15.6. The Balaban J connectivity index is 4.30. The molecule has 0 rings (SSSR count). The van der Waals surface area contributed by atoms with Crippen molar-refractivity contribution in [2.24, 2.45) is 0 Å². The van der Waals surface area contributed by atoms with Crippen molar-refractivity contribution < 1.29 is 32.9 Å². The average molecular weight is 923 g/mol. The summed E-state index contributed by atoms with van der Waals surface area (Å²) in [5.74, 6) is -0.213. The summed E-state index contributed by atoms with van der Waals surface area (Å²) >= 11 is 0. The molecule has 0 saturated heterocycles. The maximum absolute atomic E-state index is 12.9. The number of carbonyl (C=O) groups excluding carboxylic acids is 1. The van der Waals surface area contributed by atoms with Gasteiger partial charge in [0.2, 0.25) is 5.91 Å². The van der Waals surface area contributed by atoms with Gasteiger partial charge >= 0.3 is 0 Å². The molecule has 0 spiro atoms. The molecule has 0 aromatic rings. The van der Waals surface area contributed by atoms with Crippen LogP contribution in [0.15, 0.2) is 36.5 Å². The molecular formula is C55H107N2O6P. The Morgan fingerprint density at radius 1 is 0.531 bits per heavy atom. The van der Waals surface area contributed by atoms with Gasteiger partial charge in [0.05, 0.1) is 39.9 Å². The van der Waals surface area contributed by atoms with Gasteiger partial charge in [-0.05, 0) is 57.8 Å². The molecule has 1 amide bonds. The zero-order valence-corrected chi connectivity index (χ0v) is 43.9. The van der Waals surface area contributed by atoms with E-state index < -0.39 is 26.6 Å². The quantitative estimate of drug-likeness (QED) is 0.0272. The molecule has 64 heavy (non-hydrogen) atoms. The number of likely N-dealkylation sites (N-methyl/N-ethyl adjacent to an activating group) is 1. The maximum Gasteiger partial charge on any atom is 0.268 e. The van der Waals surface area contributed by atoms with Gasteiger partial charge in [-0.3, -0.25) is 9.36 Å². The Hall–Kier alpha value is -1.28. The molecule has 378 valence electrons. The number of quaternary nitrogens is 1. The van der Waals surface area contributed by atoms with Crippen LogP contribution in [-0.4, -0.2) is 68.5 Å². The summed E-state index contributed by atoms with van der Waals surface area (Å²) in [4.78, 5) is 25.4. The van der Waals surface area contributed by atoms with Gasteiger partial charge < -0.3 is 28.8 Å². The Bertz CT molecular complexity index is 1140. The standard InChI is InChI=1S/C55H107N2O6P/c1-6-8-10-12-14-16-18-20-22-24-26-27-28-29-30-31-32-34-36-38-40-42-44-46-48-54(58)53(52-63-64(60,61)62-51-50-57(3,4)5)56-55(59)49-47-45-43-41-39-37-35-33-25-23-21-19-17-15-13-11-9-7-2/h33,35,38,40,46,48,53-54,58H,6-32,34,36-37,39,41-45,47,49-52H2,1-5H3,(H-,56,59,60,61)/b35-33-,40-38+,48-46+. The molecule has 0 aromatic heterocycles. The summed E-state index contributed by atoms with van der Waals surface area (Å²) in [5.41, 5.74) is 0. The van der Waals surface area contributed by atoms with Gasteiger partial charge in [-0.15, -0.1) is 0 Å². The molecule has 0 radical (unpaired) electrons. The summed E-state index contributed by atoms with van der Waals surface area (Å²) in [6.45, 7) is 4.65. The van der Waals surface area contributed by atoms with E-state index in [1.165, 1.54) is 186 Å². The van der Waals surface area contributed by atoms with Crippen LogP contribution in [0.25, 0.3) is 0 Å². The van der Waals surface area contributed by atoms with Crippen molar-refractivity contribution in [3.8, 4) is 0 Å². The highest BCUT2D eigenvalue weighted by atomic mass is 31.2. The molecule has 0 bridgehead atoms. The Labute approximate surface area is 397 Å². The molecule has 2 N–H and O–H groups in total. The van der Waals surface area contributed by atoms with Crippen LogP contribution < -0.4 is 10.2 Å². The highest BCUT2D eigenvalue weighted by Crippen LogP contribution is 2.38. The van der Waals surface area contributed by atoms with E-state index in [-0.39, 0.29) is 12.5 Å². The molecule has 0 aromatic carbocycles. The lowest BCUT2D eigenvalue weighted by Crippen LogP contribution is -2.45. The lowest BCUT2D eigenvalue weighted by molar-refractivity contribution is -0.870. The largest absolute Gasteiger partial charge is 0.756 e. The highest BCUT2D eigenvalue weighted by molar-refractivity contribution is 7.45. The Kier molecular flexibility index (Phi) is 45.9. The number of unbranched alkanes of at least 4 members (excludes halogenated alkanes) is 33. The number of aliphatic hydroxyl groups excluding tert-OH is 1. The van der Waals surface area contributed by atoms with Crippen LogP contribution in [0.3, 0.4) is 0 Å². The normalized spacial score (nSPS) is 14.3. The van der Waals surface area contributed by atoms with Gasteiger partial charge in [0, 0.05) is 6.42 Å². The first kappa shape index (κ1) is 62.7. The molecule has 0 fully saturated rings. The van der Waals surface area contributed by atoms with Crippen molar-refractivity contribution >= 4 is 13.7 Å². The summed E-state index contributed by atoms with van der Waals surface area (Å²) < 4.78 is 23.3. The van der Waals surface area contributed by atoms with Gasteiger partial charge in [-0.1, -0.05) is 230 Å². The minimum Gasteiger partial charge on any atom is -0.756 e. The van der Waals surface area contributed by atoms with Crippen molar-refractivity contribution in [1.29, 1.82) is 0 Å². The molecule has 0 heterocycles. The SMILES string of the molecule is CCCCCCCCCCC/C=C\CCCCCCCC(=O)NC(COP(=O)([O-])OCC[N+](C)(C)C)C(O)/C=C/CC/C=C/CCCCCCCCCCCCCCCCCCCC. The smallest absolute Gasteiger partial charge is 0.268 e. The van der Waals surface area contributed by atoms with E-state index in [4.69, 9.17) is 9.05 Å². The van der Waals surface area contributed by atoms with Gasteiger partial charge in [-0.25, -0.2) is 0 Å². The molecule has 3 atom stereocenters. The van der Waals surface area contributed by atoms with Crippen molar-refractivity contribution in [3.63, 3.8) is 0 Å². The summed E-state index contributed by atoms with van der Waals surface area (Å²) in [7, 11) is 1.24. The van der Waals surface area contributed by atoms with E-state index in [0.717, 1.165) is 51.4 Å². The van der Waals surface area contributed by atoms with Gasteiger partial charge in [-0.2, -0.15) is 0 Å². The second-order valence-corrected chi connectivity index (χ2v) is 21.3. The predicted molar refractivity (Wildman–Crippen MR) is 275 cm³/mol. The third kappa shape index (κ3) is 48.6.